The smallest absolute Gasteiger partial charge is 0.433 e. The van der Waals surface area contributed by atoms with Crippen LogP contribution in [0.15, 0.2) is 58.1 Å². The average molecular weight is 856 g/mol. The summed E-state index contributed by atoms with van der Waals surface area (Å²) in [6.45, 7) is 4.07. The van der Waals surface area contributed by atoms with Gasteiger partial charge in [0.05, 0.1) is 46.2 Å². The molecule has 1 aliphatic carbocycles. The van der Waals surface area contributed by atoms with Crippen molar-refractivity contribution in [3.05, 3.63) is 96.2 Å². The van der Waals surface area contributed by atoms with E-state index >= 15 is 0 Å². The Morgan fingerprint density at radius 3 is 2.34 bits per heavy atom. The highest BCUT2D eigenvalue weighted by Gasteiger charge is 2.40. The molecule has 13 nitrogen and oxygen atoms in total. The molecule has 0 bridgehead atoms. The van der Waals surface area contributed by atoms with Crippen LogP contribution >= 0.6 is 23.2 Å². The summed E-state index contributed by atoms with van der Waals surface area (Å²) in [5, 5.41) is 9.52. The number of hydrogen-bond acceptors (Lipinski definition) is 9. The second-order valence-electron chi connectivity index (χ2n) is 14.8. The number of anilines is 2. The number of urea groups is 1. The molecule has 0 radical (unpaired) electrons. The fraction of sp³-hybridized carbons (Fsp3) is 0.390. The van der Waals surface area contributed by atoms with E-state index in [9.17, 15) is 27.6 Å². The molecule has 2 saturated heterocycles. The van der Waals surface area contributed by atoms with E-state index in [2.05, 4.69) is 20.9 Å². The van der Waals surface area contributed by atoms with Crippen molar-refractivity contribution in [3.63, 3.8) is 0 Å². The van der Waals surface area contributed by atoms with E-state index in [0.29, 0.717) is 52.5 Å². The Hall–Kier alpha value is -5.16. The lowest BCUT2D eigenvalue weighted by atomic mass is 9.92. The van der Waals surface area contributed by atoms with Gasteiger partial charge in [-0.2, -0.15) is 13.2 Å². The molecule has 2 aromatic carbocycles. The molecular weight excluding hydrogens is 812 g/mol. The summed E-state index contributed by atoms with van der Waals surface area (Å²) in [5.41, 5.74) is 1.67. The van der Waals surface area contributed by atoms with E-state index in [1.165, 1.54) is 20.2 Å². The molecule has 2 fully saturated rings. The highest BCUT2D eigenvalue weighted by atomic mass is 35.5. The fourth-order valence-corrected chi connectivity index (χ4v) is 8.48. The summed E-state index contributed by atoms with van der Waals surface area (Å²) in [5.74, 6) is 0.157. The first kappa shape index (κ1) is 42.0. The van der Waals surface area contributed by atoms with E-state index in [-0.39, 0.29) is 33.2 Å². The number of alkyl halides is 3. The molecule has 8 rings (SSSR count). The van der Waals surface area contributed by atoms with Gasteiger partial charge < -0.3 is 30.3 Å². The Morgan fingerprint density at radius 2 is 1.66 bits per heavy atom. The molecule has 1 unspecified atom stereocenters. The number of nitrogens with one attached hydrogen (secondary N) is 3. The highest BCUT2D eigenvalue weighted by molar-refractivity contribution is 6.39. The van der Waals surface area contributed by atoms with Gasteiger partial charge in [0.25, 0.3) is 5.56 Å². The van der Waals surface area contributed by atoms with Gasteiger partial charge in [-0.3, -0.25) is 13.9 Å². The normalized spacial score (nSPS) is 17.5. The molecule has 3 N–H and O–H groups in total. The van der Waals surface area contributed by atoms with Gasteiger partial charge in [-0.1, -0.05) is 53.5 Å². The average Bonchev–Trinajstić information content (AvgIpc) is 3.89. The molecule has 1 spiro atoms. The minimum Gasteiger partial charge on any atom is -0.481 e. The molecule has 59 heavy (non-hydrogen) atoms. The maximum absolute atomic E-state index is 13.8. The van der Waals surface area contributed by atoms with Crippen LogP contribution in [0.3, 0.4) is 0 Å². The first-order valence-electron chi connectivity index (χ1n) is 19.0. The van der Waals surface area contributed by atoms with Crippen molar-refractivity contribution in [3.8, 4) is 28.3 Å². The van der Waals surface area contributed by atoms with Gasteiger partial charge in [-0.25, -0.2) is 19.6 Å². The number of aryl methyl sites for hydroxylation is 2. The first-order chi connectivity index (χ1) is 28.2. The Labute approximate surface area is 347 Å². The van der Waals surface area contributed by atoms with Crippen LogP contribution in [0.4, 0.5) is 29.5 Å². The minimum atomic E-state index is -4.85. The maximum atomic E-state index is 13.8. The second kappa shape index (κ2) is 16.8. The van der Waals surface area contributed by atoms with Crippen LogP contribution < -0.4 is 31.9 Å². The number of ether oxygens (including phenoxy) is 2. The number of rotatable bonds is 8. The Kier molecular flexibility index (Phi) is 12.0. The second-order valence-corrected chi connectivity index (χ2v) is 15.5. The van der Waals surface area contributed by atoms with E-state index in [1.54, 1.807) is 38.5 Å². The van der Waals surface area contributed by atoms with Gasteiger partial charge in [-0.05, 0) is 62.4 Å². The molecule has 1 atom stereocenters. The van der Waals surface area contributed by atoms with Crippen molar-refractivity contribution in [1.82, 2.24) is 34.6 Å². The number of amides is 2. The standard InChI is InChI=1S/C31H24Cl2F3N5O3.C10H19N3O2/c1-40-22-14-23(31(34,35)36)39-27(24(22)29(42)41(2)30(40)43)37-20-12-6-10-18(26(20)33)17-9-5-11-19(25(17)32)21-13-15-7-4-8-16(15)28(38-21)44-3;1-15-7-6-13-5-3-10(12-9(13)14)2-4-11-8-10/h5-6,9-14H,4,7-8H2,1-3H3,(H,37,39);11H,2-8H2,1H3,(H,12,14). The predicted octanol–water partition coefficient (Wildman–Crippen LogP) is 6.71. The van der Waals surface area contributed by atoms with Crippen LogP contribution in [0.25, 0.3) is 33.3 Å². The molecule has 3 aliphatic rings. The van der Waals surface area contributed by atoms with E-state index in [0.717, 1.165) is 72.0 Å². The van der Waals surface area contributed by atoms with E-state index in [1.807, 2.05) is 17.0 Å². The predicted molar refractivity (Wildman–Crippen MR) is 221 cm³/mol. The number of pyridine rings is 2. The Balaban J connectivity index is 0.000000295. The molecule has 5 aromatic rings. The third-order valence-corrected chi connectivity index (χ3v) is 11.9. The summed E-state index contributed by atoms with van der Waals surface area (Å²) in [4.78, 5) is 47.7. The lowest BCUT2D eigenvalue weighted by Gasteiger charge is -2.39. The topological polar surface area (TPSA) is 145 Å². The number of nitrogens with zero attached hydrogens (tertiary/aromatic N) is 5. The van der Waals surface area contributed by atoms with Gasteiger partial charge in [0.15, 0.2) is 0 Å². The number of benzene rings is 2. The number of fused-ring (bicyclic) bond motifs is 2. The van der Waals surface area contributed by atoms with Crippen LogP contribution in [0.5, 0.6) is 5.88 Å². The molecule has 312 valence electrons. The summed E-state index contributed by atoms with van der Waals surface area (Å²) >= 11 is 13.8. The van der Waals surface area contributed by atoms with Gasteiger partial charge in [0, 0.05) is 63.1 Å². The monoisotopic (exact) mass is 854 g/mol. The van der Waals surface area contributed by atoms with E-state index < -0.39 is 28.9 Å². The zero-order valence-electron chi connectivity index (χ0n) is 32.9. The Morgan fingerprint density at radius 1 is 0.932 bits per heavy atom. The van der Waals surface area contributed by atoms with Crippen LogP contribution in [0.2, 0.25) is 10.0 Å². The zero-order valence-corrected chi connectivity index (χ0v) is 34.4. The molecular formula is C41H43Cl2F3N8O5. The number of methoxy groups -OCH3 is 2. The quantitative estimate of drug-likeness (QED) is 0.155. The summed E-state index contributed by atoms with van der Waals surface area (Å²) in [6.07, 6.45) is 0.0569. The first-order valence-corrected chi connectivity index (χ1v) is 19.8. The van der Waals surface area contributed by atoms with Crippen LogP contribution in [-0.2, 0) is 37.9 Å². The summed E-state index contributed by atoms with van der Waals surface area (Å²) in [6, 6.07) is 13.1. The van der Waals surface area contributed by atoms with Crippen LogP contribution in [0.1, 0.15) is 36.1 Å². The van der Waals surface area contributed by atoms with Gasteiger partial charge in [0.1, 0.15) is 16.9 Å². The van der Waals surface area contributed by atoms with Crippen molar-refractivity contribution in [2.24, 2.45) is 14.1 Å². The molecule has 0 saturated carbocycles. The zero-order chi connectivity index (χ0) is 42.2. The lowest BCUT2D eigenvalue weighted by Crippen LogP contribution is -2.61. The number of carbonyl (C=O) groups is 1. The van der Waals surface area contributed by atoms with Crippen molar-refractivity contribution >= 4 is 51.6 Å². The molecule has 2 aliphatic heterocycles. The van der Waals surface area contributed by atoms with E-state index in [4.69, 9.17) is 37.7 Å². The number of aromatic nitrogens is 4. The van der Waals surface area contributed by atoms with Gasteiger partial charge in [0.2, 0.25) is 5.88 Å². The number of carbonyl (C=O) groups excluding carboxylic acids is 1. The maximum Gasteiger partial charge on any atom is 0.433 e. The molecule has 3 aromatic heterocycles. The summed E-state index contributed by atoms with van der Waals surface area (Å²) in [7, 11) is 5.75. The SMILES string of the molecule is COCCN1CCC2(CCNC2)NC1=O.COc1nc(-c2cccc(-c3cccc(Nc4nc(C(F)(F)F)cc5c4c(=O)n(C)c(=O)n5C)c3Cl)c2Cl)cc2c1CCC2. The molecule has 18 heteroatoms. The fourth-order valence-electron chi connectivity index (χ4n) is 7.88. The van der Waals surface area contributed by atoms with Gasteiger partial charge >= 0.3 is 17.9 Å². The van der Waals surface area contributed by atoms with Crippen molar-refractivity contribution < 1.29 is 27.4 Å². The Bertz CT molecular complexity index is 2560. The number of halogens is 5. The van der Waals surface area contributed by atoms with Crippen LogP contribution in [-0.4, -0.2) is 82.6 Å². The van der Waals surface area contributed by atoms with Gasteiger partial charge in [-0.15, -0.1) is 0 Å². The minimum absolute atomic E-state index is 0.0284. The lowest BCUT2D eigenvalue weighted by molar-refractivity contribution is -0.141. The number of hydrogen-bond donors (Lipinski definition) is 3. The highest BCUT2D eigenvalue weighted by Crippen LogP contribution is 2.43. The third-order valence-electron chi connectivity index (χ3n) is 11.1. The molecule has 2 amide bonds. The summed E-state index contributed by atoms with van der Waals surface area (Å²) < 4.78 is 53.8. The van der Waals surface area contributed by atoms with Crippen molar-refractivity contribution in [1.29, 1.82) is 0 Å². The largest absolute Gasteiger partial charge is 0.481 e. The van der Waals surface area contributed by atoms with Crippen LogP contribution in [0, 0.1) is 0 Å². The van der Waals surface area contributed by atoms with Crippen molar-refractivity contribution in [2.75, 3.05) is 52.3 Å². The third kappa shape index (κ3) is 8.23. The molecule has 5 heterocycles. The van der Waals surface area contributed by atoms with Crippen molar-refractivity contribution in [2.45, 2.75) is 43.8 Å².